The third-order valence-corrected chi connectivity index (χ3v) is 3.30. The predicted molar refractivity (Wildman–Crippen MR) is 75.7 cm³/mol. The third kappa shape index (κ3) is 3.32. The van der Waals surface area contributed by atoms with Gasteiger partial charge in [0.2, 0.25) is 0 Å². The largest absolute Gasteiger partial charge is 0.306 e. The number of halogens is 3. The molecule has 2 rings (SSSR count). The summed E-state index contributed by atoms with van der Waals surface area (Å²) < 4.78 is 27.5. The van der Waals surface area contributed by atoms with Gasteiger partial charge in [-0.05, 0) is 36.7 Å². The van der Waals surface area contributed by atoms with Gasteiger partial charge in [-0.15, -0.1) is 0 Å². The second-order valence-corrected chi connectivity index (χ2v) is 4.87. The molecule has 0 radical (unpaired) electrons. The Kier molecular flexibility index (Phi) is 5.04. The Morgan fingerprint density at radius 3 is 2.70 bits per heavy atom. The van der Waals surface area contributed by atoms with Crippen molar-refractivity contribution in [2.75, 3.05) is 6.54 Å². The van der Waals surface area contributed by atoms with Gasteiger partial charge in [0.05, 0.1) is 17.3 Å². The summed E-state index contributed by atoms with van der Waals surface area (Å²) in [5.74, 6) is -0.932. The molecule has 0 aliphatic heterocycles. The number of pyridine rings is 1. The van der Waals surface area contributed by atoms with E-state index in [1.807, 2.05) is 6.92 Å². The van der Waals surface area contributed by atoms with Crippen molar-refractivity contribution in [3.8, 4) is 0 Å². The van der Waals surface area contributed by atoms with Crippen LogP contribution in [0.4, 0.5) is 8.78 Å². The van der Waals surface area contributed by atoms with E-state index in [1.165, 1.54) is 18.3 Å². The van der Waals surface area contributed by atoms with Gasteiger partial charge in [0.15, 0.2) is 0 Å². The molecule has 0 aliphatic rings. The van der Waals surface area contributed by atoms with Crippen LogP contribution in [-0.4, -0.2) is 11.5 Å². The maximum Gasteiger partial charge on any atom is 0.146 e. The van der Waals surface area contributed by atoms with Gasteiger partial charge in [-0.25, -0.2) is 8.78 Å². The van der Waals surface area contributed by atoms with E-state index in [9.17, 15) is 8.78 Å². The molecule has 0 bridgehead atoms. The van der Waals surface area contributed by atoms with Crippen LogP contribution in [0.3, 0.4) is 0 Å². The van der Waals surface area contributed by atoms with Crippen molar-refractivity contribution >= 4 is 11.6 Å². The van der Waals surface area contributed by atoms with Gasteiger partial charge in [-0.3, -0.25) is 4.98 Å². The van der Waals surface area contributed by atoms with Crippen molar-refractivity contribution in [2.45, 2.75) is 19.4 Å². The first kappa shape index (κ1) is 14.9. The molecule has 0 saturated carbocycles. The monoisotopic (exact) mass is 296 g/mol. The summed E-state index contributed by atoms with van der Waals surface area (Å²) in [6.45, 7) is 2.70. The molecule has 1 atom stereocenters. The van der Waals surface area contributed by atoms with Crippen LogP contribution in [0.5, 0.6) is 0 Å². The van der Waals surface area contributed by atoms with Crippen molar-refractivity contribution in [3.05, 3.63) is 64.4 Å². The molecule has 0 fully saturated rings. The van der Waals surface area contributed by atoms with E-state index in [-0.39, 0.29) is 5.02 Å². The average molecular weight is 297 g/mol. The van der Waals surface area contributed by atoms with E-state index < -0.39 is 17.7 Å². The van der Waals surface area contributed by atoms with Crippen molar-refractivity contribution in [3.63, 3.8) is 0 Å². The lowest BCUT2D eigenvalue weighted by Gasteiger charge is -2.20. The summed E-state index contributed by atoms with van der Waals surface area (Å²) in [6.07, 6.45) is 3.56. The third-order valence-electron chi connectivity index (χ3n) is 2.99. The van der Waals surface area contributed by atoms with E-state index in [2.05, 4.69) is 10.3 Å². The molecule has 1 heterocycles. The van der Waals surface area contributed by atoms with Gasteiger partial charge < -0.3 is 5.32 Å². The zero-order valence-electron chi connectivity index (χ0n) is 11.0. The van der Waals surface area contributed by atoms with Crippen LogP contribution >= 0.6 is 11.6 Å². The minimum atomic E-state index is -0.512. The van der Waals surface area contributed by atoms with Crippen molar-refractivity contribution in [2.24, 2.45) is 0 Å². The van der Waals surface area contributed by atoms with Gasteiger partial charge in [0, 0.05) is 11.8 Å². The Morgan fingerprint density at radius 1 is 1.25 bits per heavy atom. The summed E-state index contributed by atoms with van der Waals surface area (Å²) in [7, 11) is 0. The molecule has 0 saturated heterocycles. The van der Waals surface area contributed by atoms with Crippen LogP contribution in [0.2, 0.25) is 5.02 Å². The number of rotatable bonds is 5. The molecular weight excluding hydrogens is 282 g/mol. The van der Waals surface area contributed by atoms with Gasteiger partial charge in [0.25, 0.3) is 0 Å². The molecule has 0 aliphatic carbocycles. The number of aromatic nitrogens is 1. The average Bonchev–Trinajstić information content (AvgIpc) is 2.44. The minimum Gasteiger partial charge on any atom is -0.306 e. The van der Waals surface area contributed by atoms with E-state index in [1.54, 1.807) is 12.1 Å². The molecule has 106 valence electrons. The van der Waals surface area contributed by atoms with Crippen LogP contribution in [0.25, 0.3) is 0 Å². The fourth-order valence-corrected chi connectivity index (χ4v) is 2.13. The maximum absolute atomic E-state index is 13.9. The van der Waals surface area contributed by atoms with Crippen LogP contribution in [-0.2, 0) is 0 Å². The van der Waals surface area contributed by atoms with E-state index in [0.717, 1.165) is 12.6 Å². The first-order chi connectivity index (χ1) is 9.63. The van der Waals surface area contributed by atoms with E-state index >= 15 is 0 Å². The van der Waals surface area contributed by atoms with Gasteiger partial charge in [-0.2, -0.15) is 0 Å². The summed E-state index contributed by atoms with van der Waals surface area (Å²) in [4.78, 5) is 3.73. The Labute approximate surface area is 121 Å². The molecule has 1 aromatic heterocycles. The summed E-state index contributed by atoms with van der Waals surface area (Å²) in [5, 5.41) is 3.27. The molecule has 1 N–H and O–H groups in total. The van der Waals surface area contributed by atoms with E-state index in [4.69, 9.17) is 11.6 Å². The molecule has 2 aromatic rings. The highest BCUT2D eigenvalue weighted by Crippen LogP contribution is 2.26. The Morgan fingerprint density at radius 2 is 2.05 bits per heavy atom. The minimum absolute atomic E-state index is 0.0539. The van der Waals surface area contributed by atoms with Crippen molar-refractivity contribution in [1.29, 1.82) is 0 Å². The summed E-state index contributed by atoms with van der Waals surface area (Å²) in [6, 6.07) is 5.67. The predicted octanol–water partition coefficient (Wildman–Crippen LogP) is 4.10. The second-order valence-electron chi connectivity index (χ2n) is 4.46. The Balaban J connectivity index is 2.41. The van der Waals surface area contributed by atoms with Gasteiger partial charge >= 0.3 is 0 Å². The zero-order chi connectivity index (χ0) is 14.5. The lowest BCUT2D eigenvalue weighted by Crippen LogP contribution is -2.24. The molecular formula is C15H15ClF2N2. The quantitative estimate of drug-likeness (QED) is 0.898. The Bertz CT molecular complexity index is 590. The molecule has 1 unspecified atom stereocenters. The fraction of sp³-hybridized carbons (Fsp3) is 0.267. The molecule has 1 aromatic carbocycles. The summed E-state index contributed by atoms with van der Waals surface area (Å²) in [5.41, 5.74) is 1.07. The molecule has 0 spiro atoms. The second kappa shape index (κ2) is 6.77. The molecule has 20 heavy (non-hydrogen) atoms. The number of nitrogens with one attached hydrogen (secondary N) is 1. The first-order valence-corrected chi connectivity index (χ1v) is 6.79. The first-order valence-electron chi connectivity index (χ1n) is 6.41. The molecule has 5 heteroatoms. The number of nitrogens with zero attached hydrogens (tertiary/aromatic N) is 1. The van der Waals surface area contributed by atoms with Crippen LogP contribution in [0, 0.1) is 11.6 Å². The number of benzene rings is 1. The zero-order valence-corrected chi connectivity index (χ0v) is 11.8. The topological polar surface area (TPSA) is 24.9 Å². The summed E-state index contributed by atoms with van der Waals surface area (Å²) >= 11 is 5.69. The number of hydrogen-bond donors (Lipinski definition) is 1. The lowest BCUT2D eigenvalue weighted by atomic mass is 9.99. The van der Waals surface area contributed by atoms with Gasteiger partial charge in [-0.1, -0.05) is 24.6 Å². The highest BCUT2D eigenvalue weighted by molar-refractivity contribution is 6.30. The van der Waals surface area contributed by atoms with E-state index in [0.29, 0.717) is 17.7 Å². The van der Waals surface area contributed by atoms with Crippen LogP contribution in [0.1, 0.15) is 30.5 Å². The van der Waals surface area contributed by atoms with Crippen molar-refractivity contribution < 1.29 is 8.78 Å². The standard InChI is InChI=1S/C15H15ClF2N2/c1-2-6-20-15(11-5-7-19-9-14(11)18)10-3-4-12(16)13(17)8-10/h3-5,7-9,15,20H,2,6H2,1H3. The normalized spacial score (nSPS) is 12.4. The van der Waals surface area contributed by atoms with Crippen LogP contribution < -0.4 is 5.32 Å². The fourth-order valence-electron chi connectivity index (χ4n) is 2.01. The maximum atomic E-state index is 13.9. The van der Waals surface area contributed by atoms with Gasteiger partial charge in [0.1, 0.15) is 11.6 Å². The van der Waals surface area contributed by atoms with Crippen LogP contribution in [0.15, 0.2) is 36.7 Å². The molecule has 0 amide bonds. The highest BCUT2D eigenvalue weighted by atomic mass is 35.5. The highest BCUT2D eigenvalue weighted by Gasteiger charge is 2.18. The number of hydrogen-bond acceptors (Lipinski definition) is 2. The smallest absolute Gasteiger partial charge is 0.146 e. The SMILES string of the molecule is CCCNC(c1ccc(Cl)c(F)c1)c1ccncc1F. The molecule has 2 nitrogen and oxygen atoms in total. The van der Waals surface area contributed by atoms with Crippen molar-refractivity contribution in [1.82, 2.24) is 10.3 Å². The lowest BCUT2D eigenvalue weighted by molar-refractivity contribution is 0.539. The Hall–Kier alpha value is -1.52.